The smallest absolute Gasteiger partial charge is 0.211 e. The van der Waals surface area contributed by atoms with Crippen molar-refractivity contribution in [1.82, 2.24) is 0 Å². The van der Waals surface area contributed by atoms with Crippen molar-refractivity contribution in [2.45, 2.75) is 39.5 Å². The summed E-state index contributed by atoms with van der Waals surface area (Å²) in [6, 6.07) is 15.5. The van der Waals surface area contributed by atoms with Gasteiger partial charge in [0.2, 0.25) is 5.78 Å². The predicted octanol–water partition coefficient (Wildman–Crippen LogP) is 3.68. The lowest BCUT2D eigenvalue weighted by atomic mass is 10.1. The molecular formula is C26H34Br2O2S2. The Morgan fingerprint density at radius 1 is 0.781 bits per heavy atom. The maximum Gasteiger partial charge on any atom is 0.211 e. The second-order valence-electron chi connectivity index (χ2n) is 7.90. The lowest BCUT2D eigenvalue weighted by Crippen LogP contribution is -3.00. The first-order valence-electron chi connectivity index (χ1n) is 11.0. The minimum Gasteiger partial charge on any atom is -1.00 e. The average molecular weight is 602 g/mol. The van der Waals surface area contributed by atoms with Gasteiger partial charge in [0.1, 0.15) is 11.5 Å². The molecule has 0 aromatic heterocycles. The first kappa shape index (κ1) is 29.5. The molecule has 0 radical (unpaired) electrons. The maximum absolute atomic E-state index is 11.9. The highest BCUT2D eigenvalue weighted by Crippen LogP contribution is 2.16. The molecule has 176 valence electrons. The van der Waals surface area contributed by atoms with Crippen molar-refractivity contribution < 1.29 is 26.6 Å². The van der Waals surface area contributed by atoms with E-state index in [4.69, 9.17) is 0 Å². The van der Waals surface area contributed by atoms with Crippen molar-refractivity contribution in [3.63, 3.8) is 0 Å². The number of alkyl halides is 1. The van der Waals surface area contributed by atoms with E-state index in [1.807, 2.05) is 62.4 Å². The van der Waals surface area contributed by atoms with E-state index < -0.39 is 0 Å². The summed E-state index contributed by atoms with van der Waals surface area (Å²) in [6.45, 7) is 4.05. The second-order valence-corrected chi connectivity index (χ2v) is 12.0. The number of rotatable bonds is 5. The van der Waals surface area contributed by atoms with Crippen LogP contribution in [0, 0.1) is 13.8 Å². The van der Waals surface area contributed by atoms with Gasteiger partial charge in [0.25, 0.3) is 0 Å². The highest BCUT2D eigenvalue weighted by atomic mass is 79.9. The number of carbonyl (C=O) groups excluding carboxylic acids is 2. The Morgan fingerprint density at radius 2 is 1.22 bits per heavy atom. The SMILES string of the molecule is C1CCSC1.Cc1ccc(C(=O)CBr)cc1.Cc1ccc(C(=O)C[S+]2CCCC2)cc1.[Br-]. The van der Waals surface area contributed by atoms with Gasteiger partial charge in [-0.3, -0.25) is 9.59 Å². The minimum absolute atomic E-state index is 0. The Kier molecular flexibility index (Phi) is 15.6. The molecule has 0 N–H and O–H groups in total. The first-order chi connectivity index (χ1) is 15.0. The van der Waals surface area contributed by atoms with Gasteiger partial charge in [-0.1, -0.05) is 75.6 Å². The first-order valence-corrected chi connectivity index (χ1v) is 15.0. The van der Waals surface area contributed by atoms with Gasteiger partial charge in [-0.25, -0.2) is 0 Å². The second kappa shape index (κ2) is 17.0. The molecule has 2 aromatic rings. The number of ketones is 2. The Morgan fingerprint density at radius 3 is 1.59 bits per heavy atom. The van der Waals surface area contributed by atoms with Gasteiger partial charge in [0.05, 0.1) is 5.33 Å². The third-order valence-electron chi connectivity index (χ3n) is 5.15. The van der Waals surface area contributed by atoms with Crippen LogP contribution < -0.4 is 17.0 Å². The van der Waals surface area contributed by atoms with Gasteiger partial charge in [-0.2, -0.15) is 11.8 Å². The highest BCUT2D eigenvalue weighted by Gasteiger charge is 2.27. The number of halogens is 2. The molecule has 2 saturated heterocycles. The fourth-order valence-electron chi connectivity index (χ4n) is 3.19. The van der Waals surface area contributed by atoms with Crippen LogP contribution in [-0.4, -0.2) is 45.7 Å². The average Bonchev–Trinajstić information content (AvgIpc) is 3.52. The molecule has 0 aliphatic carbocycles. The topological polar surface area (TPSA) is 34.1 Å². The molecule has 2 heterocycles. The van der Waals surface area contributed by atoms with Crippen molar-refractivity contribution in [3.8, 4) is 0 Å². The fourth-order valence-corrected chi connectivity index (χ4v) is 6.79. The molecule has 32 heavy (non-hydrogen) atoms. The lowest BCUT2D eigenvalue weighted by Gasteiger charge is -2.01. The van der Waals surface area contributed by atoms with Crippen molar-refractivity contribution in [3.05, 3.63) is 70.8 Å². The van der Waals surface area contributed by atoms with Gasteiger partial charge in [-0.15, -0.1) is 0 Å². The lowest BCUT2D eigenvalue weighted by molar-refractivity contribution is -0.0000217. The van der Waals surface area contributed by atoms with Crippen LogP contribution in [-0.2, 0) is 10.9 Å². The molecule has 0 amide bonds. The van der Waals surface area contributed by atoms with Crippen molar-refractivity contribution in [2.24, 2.45) is 0 Å². The van der Waals surface area contributed by atoms with Crippen molar-refractivity contribution in [2.75, 3.05) is 34.1 Å². The Balaban J connectivity index is 0.000000264. The van der Waals surface area contributed by atoms with Gasteiger partial charge < -0.3 is 17.0 Å². The predicted molar refractivity (Wildman–Crippen MR) is 143 cm³/mol. The van der Waals surface area contributed by atoms with E-state index in [1.165, 1.54) is 59.8 Å². The number of hydrogen-bond acceptors (Lipinski definition) is 3. The molecule has 2 nitrogen and oxygen atoms in total. The van der Waals surface area contributed by atoms with Crippen LogP contribution in [0.15, 0.2) is 48.5 Å². The summed E-state index contributed by atoms with van der Waals surface area (Å²) in [6.07, 6.45) is 5.57. The Hall–Kier alpha value is -0.560. The van der Waals surface area contributed by atoms with E-state index in [-0.39, 0.29) is 22.8 Å². The van der Waals surface area contributed by atoms with Crippen LogP contribution in [0.4, 0.5) is 0 Å². The van der Waals surface area contributed by atoms with Crippen LogP contribution in [0.5, 0.6) is 0 Å². The summed E-state index contributed by atoms with van der Waals surface area (Å²) < 4.78 is 0. The molecule has 4 rings (SSSR count). The van der Waals surface area contributed by atoms with Crippen molar-refractivity contribution in [1.29, 1.82) is 0 Å². The summed E-state index contributed by atoms with van der Waals surface area (Å²) in [5, 5.41) is 0.399. The third kappa shape index (κ3) is 11.5. The van der Waals surface area contributed by atoms with Crippen molar-refractivity contribution >= 4 is 50.2 Å². The Labute approximate surface area is 220 Å². The van der Waals surface area contributed by atoms with Crippen LogP contribution in [0.2, 0.25) is 0 Å². The van der Waals surface area contributed by atoms with E-state index in [0.29, 0.717) is 22.0 Å². The monoisotopic (exact) mass is 600 g/mol. The quantitative estimate of drug-likeness (QED) is 0.298. The van der Waals surface area contributed by atoms with Crippen LogP contribution >= 0.6 is 27.7 Å². The van der Waals surface area contributed by atoms with E-state index in [9.17, 15) is 9.59 Å². The standard InChI is InChI=1S/C13H17OS.C9H9BrO.C4H8S.BrH/c1-11-4-6-12(7-5-11)13(14)10-15-8-2-3-9-15;1-7-2-4-8(5-3-7)9(11)6-10;1-2-4-5-3-1;/h4-7H,2-3,8-10H2,1H3;2-5H,6H2,1H3;1-4H2;1H/q+1;;;/p-1. The van der Waals surface area contributed by atoms with Crippen LogP contribution in [0.25, 0.3) is 0 Å². The van der Waals surface area contributed by atoms with E-state index in [1.54, 1.807) is 0 Å². The van der Waals surface area contributed by atoms with Crippen LogP contribution in [0.3, 0.4) is 0 Å². The summed E-state index contributed by atoms with van der Waals surface area (Å²) in [7, 11) is 0.387. The van der Waals surface area contributed by atoms with Gasteiger partial charge >= 0.3 is 0 Å². The zero-order valence-electron chi connectivity index (χ0n) is 19.1. The molecule has 2 fully saturated rings. The minimum atomic E-state index is 0. The third-order valence-corrected chi connectivity index (χ3v) is 9.21. The molecule has 0 spiro atoms. The van der Waals surface area contributed by atoms with Gasteiger partial charge in [0.15, 0.2) is 11.5 Å². The van der Waals surface area contributed by atoms with E-state index >= 15 is 0 Å². The highest BCUT2D eigenvalue weighted by molar-refractivity contribution is 9.09. The molecule has 2 aliphatic rings. The molecular weight excluding hydrogens is 568 g/mol. The summed E-state index contributed by atoms with van der Waals surface area (Å²) in [5.41, 5.74) is 4.05. The molecule has 0 unspecified atom stereocenters. The van der Waals surface area contributed by atoms with Gasteiger partial charge in [0, 0.05) is 11.1 Å². The summed E-state index contributed by atoms with van der Waals surface area (Å²) in [5.74, 6) is 6.63. The number of carbonyl (C=O) groups is 2. The molecule has 6 heteroatoms. The number of hydrogen-bond donors (Lipinski definition) is 0. The van der Waals surface area contributed by atoms with Gasteiger partial charge in [-0.05, 0) is 61.9 Å². The maximum atomic E-state index is 11.9. The Bertz CT molecular complexity index is 790. The zero-order valence-corrected chi connectivity index (χ0v) is 23.9. The molecule has 2 aromatic carbocycles. The molecule has 0 atom stereocenters. The zero-order chi connectivity index (χ0) is 22.5. The largest absolute Gasteiger partial charge is 1.00 e. The van der Waals surface area contributed by atoms with Crippen LogP contribution in [0.1, 0.15) is 57.5 Å². The summed E-state index contributed by atoms with van der Waals surface area (Å²) >= 11 is 5.19. The fraction of sp³-hybridized carbons (Fsp3) is 0.462. The van der Waals surface area contributed by atoms with E-state index in [2.05, 4.69) is 27.7 Å². The number of benzene rings is 2. The molecule has 0 saturated carbocycles. The summed E-state index contributed by atoms with van der Waals surface area (Å²) in [4.78, 5) is 23.0. The number of thioether (sulfide) groups is 1. The normalized spacial score (nSPS) is 15.0. The van der Waals surface area contributed by atoms with E-state index in [0.717, 1.165) is 16.9 Å². The molecule has 2 aliphatic heterocycles. The molecule has 0 bridgehead atoms. The number of aryl methyl sites for hydroxylation is 2. The number of Topliss-reactive ketones (excluding diaryl/α,β-unsaturated/α-hetero) is 2.